The predicted molar refractivity (Wildman–Crippen MR) is 93.6 cm³/mol. The third kappa shape index (κ3) is 3.19. The summed E-state index contributed by atoms with van der Waals surface area (Å²) in [7, 11) is 0. The van der Waals surface area contributed by atoms with Gasteiger partial charge in [0, 0.05) is 5.56 Å². The summed E-state index contributed by atoms with van der Waals surface area (Å²) in [4.78, 5) is 19.3. The number of ether oxygens (including phenoxy) is 1. The van der Waals surface area contributed by atoms with Crippen LogP contribution in [-0.2, 0) is 11.2 Å². The molecule has 0 atom stereocenters. The molecule has 3 fully saturated rings. The van der Waals surface area contributed by atoms with Gasteiger partial charge in [-0.2, -0.15) is 5.26 Å². The summed E-state index contributed by atoms with van der Waals surface area (Å²) in [6.07, 6.45) is 4.09. The highest BCUT2D eigenvalue weighted by molar-refractivity contribution is 5.78. The first kappa shape index (κ1) is 17.6. The van der Waals surface area contributed by atoms with Crippen LogP contribution in [0, 0.1) is 17.1 Å². The van der Waals surface area contributed by atoms with Gasteiger partial charge in [0.2, 0.25) is 0 Å². The number of hydrogen-bond acceptors (Lipinski definition) is 5. The second-order valence-electron chi connectivity index (χ2n) is 7.44. The summed E-state index contributed by atoms with van der Waals surface area (Å²) < 4.78 is 20.5. The first-order valence-corrected chi connectivity index (χ1v) is 8.94. The normalized spacial score (nSPS) is 26.7. The van der Waals surface area contributed by atoms with Crippen molar-refractivity contribution in [1.29, 1.82) is 5.26 Å². The summed E-state index contributed by atoms with van der Waals surface area (Å²) in [6.45, 7) is 0.343. The Morgan fingerprint density at radius 1 is 1.37 bits per heavy atom. The van der Waals surface area contributed by atoms with E-state index in [-0.39, 0.29) is 11.3 Å². The highest BCUT2D eigenvalue weighted by atomic mass is 19.1. The van der Waals surface area contributed by atoms with Crippen molar-refractivity contribution >= 4 is 17.1 Å². The van der Waals surface area contributed by atoms with E-state index in [0.29, 0.717) is 36.0 Å². The average molecular weight is 370 g/mol. The van der Waals surface area contributed by atoms with Crippen LogP contribution in [0.5, 0.6) is 0 Å². The molecule has 1 aliphatic carbocycles. The van der Waals surface area contributed by atoms with Crippen molar-refractivity contribution in [2.45, 2.75) is 49.7 Å². The minimum Gasteiger partial charge on any atom is -0.465 e. The van der Waals surface area contributed by atoms with Crippen LogP contribution < -0.4 is 5.32 Å². The summed E-state index contributed by atoms with van der Waals surface area (Å²) in [6, 6.07) is 5.21. The maximum Gasteiger partial charge on any atom is 0.405 e. The van der Waals surface area contributed by atoms with E-state index in [1.54, 1.807) is 12.1 Å². The van der Waals surface area contributed by atoms with Crippen LogP contribution in [0.2, 0.25) is 0 Å². The zero-order chi connectivity index (χ0) is 19.1. The Morgan fingerprint density at radius 3 is 2.78 bits per heavy atom. The van der Waals surface area contributed by atoms with Crippen molar-refractivity contribution in [2.24, 2.45) is 0 Å². The Hall–Kier alpha value is -2.79. The van der Waals surface area contributed by atoms with Crippen molar-refractivity contribution in [2.75, 3.05) is 6.61 Å². The van der Waals surface area contributed by atoms with Crippen LogP contribution in [0.15, 0.2) is 18.3 Å². The molecule has 4 heterocycles. The first-order chi connectivity index (χ1) is 12.9. The van der Waals surface area contributed by atoms with E-state index in [0.717, 1.165) is 25.7 Å². The van der Waals surface area contributed by atoms with Gasteiger partial charge in [-0.1, -0.05) is 0 Å². The van der Waals surface area contributed by atoms with Gasteiger partial charge < -0.3 is 15.2 Å². The van der Waals surface area contributed by atoms with Gasteiger partial charge in [0.25, 0.3) is 0 Å². The lowest BCUT2D eigenvalue weighted by molar-refractivity contribution is -0.162. The van der Waals surface area contributed by atoms with Gasteiger partial charge in [-0.15, -0.1) is 0 Å². The minimum atomic E-state index is -1.03. The zero-order valence-electron chi connectivity index (χ0n) is 14.7. The van der Waals surface area contributed by atoms with Crippen molar-refractivity contribution in [3.63, 3.8) is 0 Å². The Balaban J connectivity index is 1.54. The van der Waals surface area contributed by atoms with Crippen molar-refractivity contribution in [1.82, 2.24) is 15.3 Å². The topological polar surface area (TPSA) is 108 Å². The van der Waals surface area contributed by atoms with E-state index in [4.69, 9.17) is 15.1 Å². The molecule has 2 aliphatic heterocycles. The number of carbonyl (C=O) groups is 1. The van der Waals surface area contributed by atoms with E-state index in [1.165, 1.54) is 6.20 Å². The molecule has 2 N–H and O–H groups in total. The molecule has 0 aromatic carbocycles. The molecule has 0 spiro atoms. The molecule has 0 radical (unpaired) electrons. The van der Waals surface area contributed by atoms with Gasteiger partial charge in [0.1, 0.15) is 17.6 Å². The van der Waals surface area contributed by atoms with Gasteiger partial charge in [-0.3, -0.25) is 4.98 Å². The molecule has 1 saturated carbocycles. The Morgan fingerprint density at radius 2 is 2.15 bits per heavy atom. The molecule has 0 unspecified atom stereocenters. The third-order valence-corrected chi connectivity index (χ3v) is 5.86. The number of fused-ring (bicyclic) bond motifs is 4. The maximum atomic E-state index is 14.5. The summed E-state index contributed by atoms with van der Waals surface area (Å²) in [5.74, 6) is -0.435. The van der Waals surface area contributed by atoms with Gasteiger partial charge in [0.15, 0.2) is 0 Å². The Kier molecular flexibility index (Phi) is 4.19. The van der Waals surface area contributed by atoms with Crippen molar-refractivity contribution < 1.29 is 19.0 Å². The number of nitrogens with zero attached hydrogens (tertiary/aromatic N) is 3. The minimum absolute atomic E-state index is 0.227. The third-order valence-electron chi connectivity index (χ3n) is 5.86. The number of carboxylic acid groups (broad SMARTS) is 1. The van der Waals surface area contributed by atoms with Crippen LogP contribution in [-0.4, -0.2) is 38.9 Å². The van der Waals surface area contributed by atoms with Crippen LogP contribution >= 0.6 is 0 Å². The molecule has 2 aromatic heterocycles. The number of rotatable bonds is 4. The quantitative estimate of drug-likeness (QED) is 0.857. The predicted octanol–water partition coefficient (Wildman–Crippen LogP) is 2.92. The fourth-order valence-corrected chi connectivity index (χ4v) is 4.22. The fourth-order valence-electron chi connectivity index (χ4n) is 4.22. The number of amides is 1. The van der Waals surface area contributed by atoms with Gasteiger partial charge in [-0.05, 0) is 50.7 Å². The van der Waals surface area contributed by atoms with Gasteiger partial charge in [-0.25, -0.2) is 14.2 Å². The standard InChI is InChI=1S/C19H19FN4O3/c20-14-10-22-15-2-1-12(9-21)23-16(15)13(14)3-4-19-7-5-18(6-8-19,11-27-19)24-17(25)26/h1-2,10,24H,3-8,11H2,(H,25,26). The second kappa shape index (κ2) is 6.43. The molecule has 5 rings (SSSR count). The molecule has 8 heteroatoms. The second-order valence-corrected chi connectivity index (χ2v) is 7.44. The molecule has 7 nitrogen and oxygen atoms in total. The summed E-state index contributed by atoms with van der Waals surface area (Å²) in [5.41, 5.74) is 0.786. The molecular formula is C19H19FN4O3. The first-order valence-electron chi connectivity index (χ1n) is 8.94. The molecule has 140 valence electrons. The van der Waals surface area contributed by atoms with E-state index in [1.807, 2.05) is 6.07 Å². The number of nitriles is 1. The van der Waals surface area contributed by atoms with Crippen LogP contribution in [0.3, 0.4) is 0 Å². The lowest BCUT2D eigenvalue weighted by Crippen LogP contribution is -2.62. The van der Waals surface area contributed by atoms with E-state index in [9.17, 15) is 9.18 Å². The van der Waals surface area contributed by atoms with Gasteiger partial charge >= 0.3 is 6.09 Å². The Labute approximate surface area is 155 Å². The number of hydrogen-bond donors (Lipinski definition) is 2. The number of halogens is 1. The largest absolute Gasteiger partial charge is 0.465 e. The maximum absolute atomic E-state index is 14.5. The number of aromatic nitrogens is 2. The molecule has 3 aliphatic rings. The van der Waals surface area contributed by atoms with Crippen LogP contribution in [0.4, 0.5) is 9.18 Å². The molecule has 2 bridgehead atoms. The smallest absolute Gasteiger partial charge is 0.405 e. The lowest BCUT2D eigenvalue weighted by atomic mass is 9.69. The molecular weight excluding hydrogens is 351 g/mol. The SMILES string of the molecule is N#Cc1ccc2ncc(F)c(CCC34CCC(NC(=O)O)(CC3)CO4)c2n1. The highest BCUT2D eigenvalue weighted by Crippen LogP contribution is 2.46. The summed E-state index contributed by atoms with van der Waals surface area (Å²) >= 11 is 0. The average Bonchev–Trinajstić information content (AvgIpc) is 2.67. The number of nitrogens with one attached hydrogen (secondary N) is 1. The van der Waals surface area contributed by atoms with Crippen LogP contribution in [0.25, 0.3) is 11.0 Å². The van der Waals surface area contributed by atoms with Gasteiger partial charge in [0.05, 0.1) is 35.0 Å². The molecule has 1 amide bonds. The number of aryl methyl sites for hydroxylation is 1. The van der Waals surface area contributed by atoms with Crippen molar-refractivity contribution in [3.05, 3.63) is 35.4 Å². The molecule has 27 heavy (non-hydrogen) atoms. The molecule has 2 saturated heterocycles. The Bertz CT molecular complexity index is 931. The monoisotopic (exact) mass is 370 g/mol. The lowest BCUT2D eigenvalue weighted by Gasteiger charge is -2.53. The number of pyridine rings is 2. The fraction of sp³-hybridized carbons (Fsp3) is 0.474. The van der Waals surface area contributed by atoms with E-state index < -0.39 is 17.4 Å². The van der Waals surface area contributed by atoms with E-state index >= 15 is 0 Å². The molecule has 2 aromatic rings. The zero-order valence-corrected chi connectivity index (χ0v) is 14.7. The van der Waals surface area contributed by atoms with E-state index in [2.05, 4.69) is 15.3 Å². The summed E-state index contributed by atoms with van der Waals surface area (Å²) in [5, 5.41) is 20.7. The van der Waals surface area contributed by atoms with Crippen LogP contribution in [0.1, 0.15) is 43.4 Å². The van der Waals surface area contributed by atoms with Crippen molar-refractivity contribution in [3.8, 4) is 6.07 Å². The highest BCUT2D eigenvalue weighted by Gasteiger charge is 2.50.